The first-order valence-corrected chi connectivity index (χ1v) is 5.93. The summed E-state index contributed by atoms with van der Waals surface area (Å²) in [5.41, 5.74) is 0.175. The molecule has 0 aliphatic carbocycles. The third-order valence-corrected chi connectivity index (χ3v) is 2.86. The van der Waals surface area contributed by atoms with Crippen LogP contribution in [0, 0.1) is 5.41 Å². The van der Waals surface area contributed by atoms with Crippen molar-refractivity contribution < 1.29 is 9.47 Å². The molecule has 0 aromatic rings. The van der Waals surface area contributed by atoms with Gasteiger partial charge >= 0.3 is 0 Å². The SMILES string of the molecule is CC1(C)COC(C)(CCCBr)OC1. The van der Waals surface area contributed by atoms with E-state index in [0.29, 0.717) is 0 Å². The average molecular weight is 251 g/mol. The standard InChI is InChI=1S/C10H19BrO2/c1-9(2)7-12-10(3,13-8-9)5-4-6-11/h4-8H2,1-3H3. The van der Waals surface area contributed by atoms with Crippen LogP contribution in [0.25, 0.3) is 0 Å². The van der Waals surface area contributed by atoms with Crippen LogP contribution in [0.5, 0.6) is 0 Å². The number of hydrogen-bond donors (Lipinski definition) is 0. The molecular weight excluding hydrogens is 232 g/mol. The van der Waals surface area contributed by atoms with E-state index in [1.807, 2.05) is 6.92 Å². The van der Waals surface area contributed by atoms with Crippen LogP contribution in [0.15, 0.2) is 0 Å². The molecule has 13 heavy (non-hydrogen) atoms. The summed E-state index contributed by atoms with van der Waals surface area (Å²) in [6.45, 7) is 7.95. The fraction of sp³-hybridized carbons (Fsp3) is 1.00. The molecule has 0 bridgehead atoms. The summed E-state index contributed by atoms with van der Waals surface area (Å²) in [6.07, 6.45) is 2.06. The van der Waals surface area contributed by atoms with Crippen molar-refractivity contribution in [1.82, 2.24) is 0 Å². The molecule has 0 unspecified atom stereocenters. The van der Waals surface area contributed by atoms with Gasteiger partial charge in [0, 0.05) is 17.2 Å². The van der Waals surface area contributed by atoms with Crippen molar-refractivity contribution in [2.45, 2.75) is 39.4 Å². The highest BCUT2D eigenvalue weighted by atomic mass is 79.9. The Morgan fingerprint density at radius 2 is 1.69 bits per heavy atom. The Hall–Kier alpha value is 0.400. The molecule has 1 fully saturated rings. The Kier molecular flexibility index (Phi) is 3.78. The van der Waals surface area contributed by atoms with E-state index in [-0.39, 0.29) is 11.2 Å². The third kappa shape index (κ3) is 3.56. The Morgan fingerprint density at radius 3 is 2.15 bits per heavy atom. The van der Waals surface area contributed by atoms with Gasteiger partial charge in [-0.1, -0.05) is 29.8 Å². The Balaban J connectivity index is 2.37. The molecule has 1 aliphatic rings. The molecular formula is C10H19BrO2. The summed E-state index contributed by atoms with van der Waals surface area (Å²) < 4.78 is 11.5. The minimum Gasteiger partial charge on any atom is -0.350 e. The van der Waals surface area contributed by atoms with Gasteiger partial charge in [-0.2, -0.15) is 0 Å². The highest BCUT2D eigenvalue weighted by Crippen LogP contribution is 2.31. The van der Waals surface area contributed by atoms with E-state index in [2.05, 4.69) is 29.8 Å². The van der Waals surface area contributed by atoms with Crippen molar-refractivity contribution in [2.24, 2.45) is 5.41 Å². The number of rotatable bonds is 3. The summed E-state index contributed by atoms with van der Waals surface area (Å²) in [4.78, 5) is 0. The maximum Gasteiger partial charge on any atom is 0.165 e. The molecule has 0 N–H and O–H groups in total. The molecule has 0 saturated carbocycles. The van der Waals surface area contributed by atoms with Gasteiger partial charge in [-0.3, -0.25) is 0 Å². The lowest BCUT2D eigenvalue weighted by Gasteiger charge is -2.41. The van der Waals surface area contributed by atoms with Crippen LogP contribution in [0.4, 0.5) is 0 Å². The number of halogens is 1. The quantitative estimate of drug-likeness (QED) is 0.718. The van der Waals surface area contributed by atoms with E-state index >= 15 is 0 Å². The van der Waals surface area contributed by atoms with Crippen molar-refractivity contribution >= 4 is 15.9 Å². The van der Waals surface area contributed by atoms with Gasteiger partial charge in [0.2, 0.25) is 0 Å². The number of alkyl halides is 1. The maximum atomic E-state index is 5.74. The molecule has 2 nitrogen and oxygen atoms in total. The minimum atomic E-state index is -0.344. The second-order valence-electron chi connectivity index (χ2n) is 4.67. The number of hydrogen-bond acceptors (Lipinski definition) is 2. The first kappa shape index (κ1) is 11.5. The molecule has 0 aromatic carbocycles. The van der Waals surface area contributed by atoms with Gasteiger partial charge in [-0.05, 0) is 13.3 Å². The van der Waals surface area contributed by atoms with Gasteiger partial charge in [0.05, 0.1) is 13.2 Å². The van der Waals surface area contributed by atoms with E-state index in [1.54, 1.807) is 0 Å². The molecule has 0 spiro atoms. The summed E-state index contributed by atoms with van der Waals surface area (Å²) in [6, 6.07) is 0. The molecule has 0 amide bonds. The van der Waals surface area contributed by atoms with E-state index in [1.165, 1.54) is 0 Å². The highest BCUT2D eigenvalue weighted by Gasteiger charge is 2.36. The summed E-state index contributed by atoms with van der Waals surface area (Å²) in [7, 11) is 0. The van der Waals surface area contributed by atoms with Gasteiger partial charge in [0.25, 0.3) is 0 Å². The lowest BCUT2D eigenvalue weighted by atomic mass is 9.94. The lowest BCUT2D eigenvalue weighted by molar-refractivity contribution is -0.291. The van der Waals surface area contributed by atoms with Crippen LogP contribution in [0.3, 0.4) is 0 Å². The highest BCUT2D eigenvalue weighted by molar-refractivity contribution is 9.09. The molecule has 0 radical (unpaired) electrons. The van der Waals surface area contributed by atoms with Crippen LogP contribution in [-0.4, -0.2) is 24.3 Å². The minimum absolute atomic E-state index is 0.175. The van der Waals surface area contributed by atoms with Crippen molar-refractivity contribution in [1.29, 1.82) is 0 Å². The van der Waals surface area contributed by atoms with Crippen molar-refractivity contribution in [3.63, 3.8) is 0 Å². The molecule has 3 heteroatoms. The van der Waals surface area contributed by atoms with Crippen LogP contribution in [0.1, 0.15) is 33.6 Å². The van der Waals surface area contributed by atoms with Crippen LogP contribution in [-0.2, 0) is 9.47 Å². The fourth-order valence-corrected chi connectivity index (χ4v) is 1.59. The zero-order chi connectivity index (χ0) is 9.95. The van der Waals surface area contributed by atoms with Gasteiger partial charge < -0.3 is 9.47 Å². The van der Waals surface area contributed by atoms with Gasteiger partial charge in [0.1, 0.15) is 0 Å². The molecule has 1 heterocycles. The van der Waals surface area contributed by atoms with Gasteiger partial charge in [-0.15, -0.1) is 0 Å². The molecule has 1 rings (SSSR count). The van der Waals surface area contributed by atoms with Crippen LogP contribution in [0.2, 0.25) is 0 Å². The van der Waals surface area contributed by atoms with Gasteiger partial charge in [-0.25, -0.2) is 0 Å². The summed E-state index contributed by atoms with van der Waals surface area (Å²) in [5, 5.41) is 1.01. The Bertz CT molecular complexity index is 158. The molecule has 1 aliphatic heterocycles. The fourth-order valence-electron chi connectivity index (χ4n) is 1.31. The van der Waals surface area contributed by atoms with Gasteiger partial charge in [0.15, 0.2) is 5.79 Å². The number of ether oxygens (including phenoxy) is 2. The second-order valence-corrected chi connectivity index (χ2v) is 5.46. The van der Waals surface area contributed by atoms with Crippen molar-refractivity contribution in [2.75, 3.05) is 18.5 Å². The van der Waals surface area contributed by atoms with Crippen molar-refractivity contribution in [3.8, 4) is 0 Å². The van der Waals surface area contributed by atoms with Crippen LogP contribution < -0.4 is 0 Å². The zero-order valence-electron chi connectivity index (χ0n) is 8.73. The molecule has 1 saturated heterocycles. The van der Waals surface area contributed by atoms with E-state index in [4.69, 9.17) is 9.47 Å². The smallest absolute Gasteiger partial charge is 0.165 e. The zero-order valence-corrected chi connectivity index (χ0v) is 10.3. The van der Waals surface area contributed by atoms with Crippen molar-refractivity contribution in [3.05, 3.63) is 0 Å². The second kappa shape index (κ2) is 4.28. The van der Waals surface area contributed by atoms with E-state index < -0.39 is 0 Å². The van der Waals surface area contributed by atoms with Crippen LogP contribution >= 0.6 is 15.9 Å². The lowest BCUT2D eigenvalue weighted by Crippen LogP contribution is -2.45. The molecule has 0 atom stereocenters. The Morgan fingerprint density at radius 1 is 1.15 bits per heavy atom. The maximum absolute atomic E-state index is 5.74. The monoisotopic (exact) mass is 250 g/mol. The first-order chi connectivity index (χ1) is 5.97. The molecule has 0 aromatic heterocycles. The molecule has 78 valence electrons. The third-order valence-electron chi connectivity index (χ3n) is 2.30. The Labute approximate surface area is 89.1 Å². The average Bonchev–Trinajstić information content (AvgIpc) is 2.08. The predicted octanol–water partition coefficient (Wildman–Crippen LogP) is 2.95. The summed E-state index contributed by atoms with van der Waals surface area (Å²) >= 11 is 3.41. The van der Waals surface area contributed by atoms with E-state index in [0.717, 1.165) is 31.4 Å². The largest absolute Gasteiger partial charge is 0.350 e. The summed E-state index contributed by atoms with van der Waals surface area (Å²) in [5.74, 6) is -0.344. The topological polar surface area (TPSA) is 18.5 Å². The predicted molar refractivity (Wildman–Crippen MR) is 57.1 cm³/mol. The van der Waals surface area contributed by atoms with E-state index in [9.17, 15) is 0 Å². The first-order valence-electron chi connectivity index (χ1n) is 4.81. The normalized spacial score (nSPS) is 25.8.